The predicted octanol–water partition coefficient (Wildman–Crippen LogP) is 7.54. The molecule has 0 saturated carbocycles. The first-order valence-electron chi connectivity index (χ1n) is 11.4. The maximum absolute atomic E-state index is 8.86. The summed E-state index contributed by atoms with van der Waals surface area (Å²) in [5.74, 6) is 0.845. The molecule has 0 unspecified atom stereocenters. The molecule has 0 bridgehead atoms. The zero-order valence-corrected chi connectivity index (χ0v) is 23.9. The number of allylic oxidation sites excluding steroid dienone is 2. The van der Waals surface area contributed by atoms with Crippen LogP contribution in [0.3, 0.4) is 0 Å². The molecule has 0 aliphatic heterocycles. The summed E-state index contributed by atoms with van der Waals surface area (Å²) in [5, 5.41) is 17.0. The van der Waals surface area contributed by atoms with Crippen LogP contribution in [0.2, 0.25) is 0 Å². The molecule has 0 fully saturated rings. The van der Waals surface area contributed by atoms with Crippen LogP contribution in [0.25, 0.3) is 10.9 Å². The monoisotopic (exact) mass is 487 g/mol. The molecule has 2 aromatic rings. The van der Waals surface area contributed by atoms with E-state index in [-0.39, 0.29) is 6.61 Å². The van der Waals surface area contributed by atoms with Gasteiger partial charge in [-0.15, -0.1) is 13.2 Å². The Morgan fingerprint density at radius 1 is 1.03 bits per heavy atom. The van der Waals surface area contributed by atoms with Gasteiger partial charge in [-0.05, 0) is 50.5 Å². The Kier molecular flexibility index (Phi) is 59.2. The van der Waals surface area contributed by atoms with Gasteiger partial charge in [-0.25, -0.2) is 0 Å². The van der Waals surface area contributed by atoms with Crippen LogP contribution in [0.5, 0.6) is 5.75 Å². The molecule has 5 nitrogen and oxygen atoms in total. The topological polar surface area (TPSA) is 71.7 Å². The number of ether oxygens (including phenoxy) is 1. The Bertz CT molecular complexity index is 607. The lowest BCUT2D eigenvalue weighted by molar-refractivity contribution is -0.0980. The van der Waals surface area contributed by atoms with Gasteiger partial charge in [0.05, 0.1) is 12.6 Å². The molecule has 1 aromatic carbocycles. The third kappa shape index (κ3) is 26.1. The van der Waals surface area contributed by atoms with Gasteiger partial charge >= 0.3 is 0 Å². The normalized spacial score (nSPS) is 7.79. The van der Waals surface area contributed by atoms with Gasteiger partial charge in [-0.1, -0.05) is 72.9 Å². The molecule has 6 heteroatoms. The highest BCUT2D eigenvalue weighted by molar-refractivity contribution is 7.78. The van der Waals surface area contributed by atoms with Crippen molar-refractivity contribution in [3.05, 3.63) is 55.3 Å². The van der Waals surface area contributed by atoms with Crippen LogP contribution in [-0.2, 0) is 11.2 Å². The lowest BCUT2D eigenvalue weighted by Crippen LogP contribution is -1.88. The number of aryl methyl sites for hydroxylation is 1. The number of fused-ring (bicyclic) bond motifs is 1. The standard InChI is InChI=1S/C12H15NO2S.C4H8.C3H8.2C2H6.C2H4.CH4O.CH2O/c1-15-10-4-5-12-11(7-10)9(3-2-6-14)8-13(12)16;1-3-4-2;1-3-2;5*1-2/h4-5,7-8,14,16H,2-3,6H2,1H3;3-4H,1-2H3;3H2,1-2H3;2*1-2H3;1-2H2;2H,1H3;1H2/b;4-3-;;;;;;. The Morgan fingerprint density at radius 2 is 1.45 bits per heavy atom. The van der Waals surface area contributed by atoms with Crippen LogP contribution in [0.4, 0.5) is 0 Å². The molecular weight excluding hydrogens is 434 g/mol. The molecule has 33 heavy (non-hydrogen) atoms. The highest BCUT2D eigenvalue weighted by Gasteiger charge is 2.07. The van der Waals surface area contributed by atoms with Crippen molar-refractivity contribution in [1.29, 1.82) is 0 Å². The lowest BCUT2D eigenvalue weighted by Gasteiger charge is -2.01. The molecule has 1 aromatic heterocycles. The zero-order valence-electron chi connectivity index (χ0n) is 23.0. The van der Waals surface area contributed by atoms with Crippen molar-refractivity contribution in [3.8, 4) is 5.75 Å². The number of methoxy groups -OCH3 is 1. The predicted molar refractivity (Wildman–Crippen MR) is 154 cm³/mol. The van der Waals surface area contributed by atoms with Gasteiger partial charge in [0.2, 0.25) is 0 Å². The number of aromatic nitrogens is 1. The SMILES string of the molecule is C/C=C\C.C=C.C=O.CC.CC.CCC.CO.COc1ccc2c(c1)c(CCCO)cn2S. The first kappa shape index (κ1) is 44.6. The fourth-order valence-electron chi connectivity index (χ4n) is 1.85. The van der Waals surface area contributed by atoms with Crippen LogP contribution in [-0.4, -0.2) is 41.8 Å². The number of benzene rings is 1. The van der Waals surface area contributed by atoms with Crippen LogP contribution in [0.1, 0.15) is 73.8 Å². The second-order valence-electron chi connectivity index (χ2n) is 5.08. The van der Waals surface area contributed by atoms with Crippen molar-refractivity contribution in [1.82, 2.24) is 3.97 Å². The highest BCUT2D eigenvalue weighted by Crippen LogP contribution is 2.27. The quantitative estimate of drug-likeness (QED) is 0.307. The number of aliphatic hydroxyl groups is 2. The third-order valence-corrected chi connectivity index (χ3v) is 3.34. The average molecular weight is 488 g/mol. The molecule has 0 saturated heterocycles. The smallest absolute Gasteiger partial charge is 0.119 e. The molecule has 0 atom stereocenters. The van der Waals surface area contributed by atoms with Crippen molar-refractivity contribution in [2.45, 2.75) is 74.7 Å². The van der Waals surface area contributed by atoms with Gasteiger partial charge in [0.25, 0.3) is 0 Å². The van der Waals surface area contributed by atoms with E-state index >= 15 is 0 Å². The van der Waals surface area contributed by atoms with Crippen molar-refractivity contribution in [2.75, 3.05) is 20.8 Å². The number of aliphatic hydroxyl groups excluding tert-OH is 2. The third-order valence-electron chi connectivity index (χ3n) is 3.01. The molecule has 196 valence electrons. The molecule has 0 amide bonds. The number of carbonyl (C=O) groups is 1. The minimum absolute atomic E-state index is 0.212. The zero-order chi connectivity index (χ0) is 27.7. The first-order chi connectivity index (χ1) is 16.1. The van der Waals surface area contributed by atoms with E-state index in [9.17, 15) is 0 Å². The van der Waals surface area contributed by atoms with Crippen LogP contribution >= 0.6 is 12.8 Å². The minimum atomic E-state index is 0.212. The summed E-state index contributed by atoms with van der Waals surface area (Å²) in [6, 6.07) is 5.92. The molecule has 2 rings (SSSR count). The van der Waals surface area contributed by atoms with E-state index in [0.717, 1.165) is 36.6 Å². The van der Waals surface area contributed by atoms with Crippen LogP contribution < -0.4 is 4.74 Å². The second kappa shape index (κ2) is 43.8. The fraction of sp³-hybridized carbons (Fsp3) is 0.519. The van der Waals surface area contributed by atoms with Crippen LogP contribution in [0.15, 0.2) is 49.7 Å². The van der Waals surface area contributed by atoms with Crippen molar-refractivity contribution in [3.63, 3.8) is 0 Å². The highest BCUT2D eigenvalue weighted by atomic mass is 32.1. The fourth-order valence-corrected chi connectivity index (χ4v) is 2.17. The summed E-state index contributed by atoms with van der Waals surface area (Å²) in [6.07, 6.45) is 8.86. The largest absolute Gasteiger partial charge is 0.497 e. The molecule has 0 aliphatic carbocycles. The van der Waals surface area contributed by atoms with Gasteiger partial charge in [-0.3, -0.25) is 3.97 Å². The van der Waals surface area contributed by atoms with E-state index in [1.807, 2.05) is 88.9 Å². The molecule has 1 heterocycles. The Morgan fingerprint density at radius 3 is 1.79 bits per heavy atom. The van der Waals surface area contributed by atoms with Crippen molar-refractivity contribution < 1.29 is 19.7 Å². The summed E-state index contributed by atoms with van der Waals surface area (Å²) in [4.78, 5) is 8.00. The van der Waals surface area contributed by atoms with Crippen molar-refractivity contribution >= 4 is 30.5 Å². The second-order valence-corrected chi connectivity index (χ2v) is 5.51. The number of hydrogen-bond donors (Lipinski definition) is 3. The van der Waals surface area contributed by atoms with Gasteiger partial charge in [-0.2, -0.15) is 0 Å². The molecule has 0 spiro atoms. The van der Waals surface area contributed by atoms with Gasteiger partial charge in [0.1, 0.15) is 12.5 Å². The van der Waals surface area contributed by atoms with E-state index in [1.54, 1.807) is 7.11 Å². The summed E-state index contributed by atoms with van der Waals surface area (Å²) >= 11 is 4.37. The summed E-state index contributed by atoms with van der Waals surface area (Å²) in [6.45, 7) is 24.5. The first-order valence-corrected chi connectivity index (χ1v) is 11.8. The molecular formula is C27H53NO4S. The summed E-state index contributed by atoms with van der Waals surface area (Å²) in [5.41, 5.74) is 2.26. The number of nitrogens with zero attached hydrogens (tertiary/aromatic N) is 1. The van der Waals surface area contributed by atoms with Crippen LogP contribution in [0, 0.1) is 0 Å². The average Bonchev–Trinajstić information content (AvgIpc) is 3.23. The molecule has 0 radical (unpaired) electrons. The molecule has 0 aliphatic rings. The Labute approximate surface area is 210 Å². The summed E-state index contributed by atoms with van der Waals surface area (Å²) < 4.78 is 7.01. The Hall–Kier alpha value is -2.02. The number of hydrogen-bond acceptors (Lipinski definition) is 5. The number of rotatable bonds is 4. The molecule has 2 N–H and O–H groups in total. The van der Waals surface area contributed by atoms with Crippen molar-refractivity contribution in [2.24, 2.45) is 0 Å². The van der Waals surface area contributed by atoms with Gasteiger partial charge < -0.3 is 19.7 Å². The van der Waals surface area contributed by atoms with E-state index in [0.29, 0.717) is 0 Å². The maximum Gasteiger partial charge on any atom is 0.119 e. The maximum atomic E-state index is 8.86. The number of thiol groups is 1. The Balaban J connectivity index is -0.0000000899. The lowest BCUT2D eigenvalue weighted by atomic mass is 10.1. The van der Waals surface area contributed by atoms with E-state index in [1.165, 1.54) is 12.0 Å². The minimum Gasteiger partial charge on any atom is -0.497 e. The van der Waals surface area contributed by atoms with Gasteiger partial charge in [0, 0.05) is 25.3 Å². The van der Waals surface area contributed by atoms with E-state index in [4.69, 9.17) is 19.7 Å². The summed E-state index contributed by atoms with van der Waals surface area (Å²) in [7, 11) is 2.66. The van der Waals surface area contributed by atoms with E-state index in [2.05, 4.69) is 39.8 Å². The van der Waals surface area contributed by atoms with E-state index < -0.39 is 0 Å². The number of carbonyl (C=O) groups excluding carboxylic acids is 1. The van der Waals surface area contributed by atoms with Gasteiger partial charge in [0.15, 0.2) is 0 Å².